The molecule has 0 aromatic rings. The van der Waals surface area contributed by atoms with Gasteiger partial charge < -0.3 is 124 Å². The summed E-state index contributed by atoms with van der Waals surface area (Å²) in [6, 6.07) is -3.30. The van der Waals surface area contributed by atoms with E-state index < -0.39 is 147 Å². The van der Waals surface area contributed by atoms with E-state index in [1.54, 1.807) is 0 Å². The third kappa shape index (κ3) is 8.09. The molecule has 0 aromatic heterocycles. The minimum absolute atomic E-state index is 0.970. The number of hydrogen-bond acceptors (Lipinski definition) is 25. The first-order valence-electron chi connectivity index (χ1n) is 14.9. The molecule has 0 aliphatic carbocycles. The first-order chi connectivity index (χ1) is 23.9. The molecule has 4 aliphatic rings. The van der Waals surface area contributed by atoms with E-state index in [0.29, 0.717) is 0 Å². The van der Waals surface area contributed by atoms with Crippen LogP contribution >= 0.6 is 0 Å². The van der Waals surface area contributed by atoms with E-state index in [1.807, 2.05) is 0 Å². The summed E-state index contributed by atoms with van der Waals surface area (Å²) in [4.78, 5) is 47.4. The van der Waals surface area contributed by atoms with Crippen LogP contribution in [0.15, 0.2) is 0 Å². The molecule has 10 N–H and O–H groups in total. The standard InChI is InChI=1S/C26H40N2O23/c1-43-11-7(31)9(33)25(50-15(11)19(35)36)47-14-8(32)10(34)26(51-18(14)22(41)42)46-13-6(30)4(28)24(49-17(13)21(39)40)45-12-5(29)3(27)23(44-2)48-16(12)20(37)38/h3-18,23-26,29-34H,27-28H2,1-2H3,(H,35,36)(H,37,38)(H,39,40)(H,41,42)/p-4/t3?,4?,5-,6+,7?,8?,9-,10?,11-,12+,13-,14-,15?,16?,17?,18+,23-,24+,25+,26+/m0/s1. The summed E-state index contributed by atoms with van der Waals surface area (Å²) in [5, 5.41) is 111. The van der Waals surface area contributed by atoms with Gasteiger partial charge in [-0.05, 0) is 0 Å². The quantitative estimate of drug-likeness (QED) is 0.0919. The van der Waals surface area contributed by atoms with Crippen molar-refractivity contribution in [2.24, 2.45) is 11.5 Å². The van der Waals surface area contributed by atoms with Crippen LogP contribution in [-0.2, 0) is 61.8 Å². The summed E-state index contributed by atoms with van der Waals surface area (Å²) in [6.45, 7) is 0. The molecule has 292 valence electrons. The lowest BCUT2D eigenvalue weighted by Gasteiger charge is -2.50. The van der Waals surface area contributed by atoms with Gasteiger partial charge in [0.1, 0.15) is 85.5 Å². The van der Waals surface area contributed by atoms with Crippen molar-refractivity contribution in [3.63, 3.8) is 0 Å². The summed E-state index contributed by atoms with van der Waals surface area (Å²) in [5.41, 5.74) is 11.8. The first-order valence-corrected chi connectivity index (χ1v) is 14.9. The number of methoxy groups -OCH3 is 2. The zero-order valence-electron chi connectivity index (χ0n) is 26.3. The number of carbonyl (C=O) groups is 4. The molecule has 8 unspecified atom stereocenters. The maximum absolute atomic E-state index is 12.1. The van der Waals surface area contributed by atoms with E-state index in [1.165, 1.54) is 0 Å². The molecule has 0 spiro atoms. The van der Waals surface area contributed by atoms with E-state index in [9.17, 15) is 70.2 Å². The number of carboxylic acids is 4. The van der Waals surface area contributed by atoms with Gasteiger partial charge in [-0.2, -0.15) is 0 Å². The van der Waals surface area contributed by atoms with E-state index in [2.05, 4.69) is 0 Å². The molecule has 4 fully saturated rings. The molecule has 4 saturated heterocycles. The molecule has 0 bridgehead atoms. The highest BCUT2D eigenvalue weighted by Gasteiger charge is 2.55. The molecule has 20 atom stereocenters. The third-order valence-corrected chi connectivity index (χ3v) is 8.65. The van der Waals surface area contributed by atoms with Gasteiger partial charge in [-0.3, -0.25) is 0 Å². The fourth-order valence-corrected chi connectivity index (χ4v) is 5.92. The maximum Gasteiger partial charge on any atom is 0.187 e. The topological polar surface area (TPSA) is 417 Å². The molecule has 4 rings (SSSR count). The van der Waals surface area contributed by atoms with E-state index in [4.69, 9.17) is 54.1 Å². The summed E-state index contributed by atoms with van der Waals surface area (Å²) in [5.74, 6) is -8.20. The molecule has 0 saturated carbocycles. The van der Waals surface area contributed by atoms with Crippen LogP contribution in [0.3, 0.4) is 0 Å². The van der Waals surface area contributed by atoms with Crippen molar-refractivity contribution >= 4 is 23.9 Å². The Morgan fingerprint density at radius 2 is 0.745 bits per heavy atom. The molecule has 0 amide bonds. The Balaban J connectivity index is 1.51. The van der Waals surface area contributed by atoms with Crippen molar-refractivity contribution in [3.8, 4) is 0 Å². The van der Waals surface area contributed by atoms with E-state index in [0.717, 1.165) is 14.2 Å². The minimum atomic E-state index is -2.48. The lowest BCUT2D eigenvalue weighted by atomic mass is 9.94. The van der Waals surface area contributed by atoms with Crippen molar-refractivity contribution in [2.45, 2.75) is 123 Å². The van der Waals surface area contributed by atoms with Gasteiger partial charge in [0.2, 0.25) is 0 Å². The largest absolute Gasteiger partial charge is 0.547 e. The van der Waals surface area contributed by atoms with Crippen LogP contribution in [0.4, 0.5) is 0 Å². The molecule has 51 heavy (non-hydrogen) atoms. The van der Waals surface area contributed by atoms with Gasteiger partial charge in [0, 0.05) is 14.2 Å². The average molecular weight is 745 g/mol. The Bertz CT molecular complexity index is 1260. The minimum Gasteiger partial charge on any atom is -0.547 e. The number of ether oxygens (including phenoxy) is 9. The summed E-state index contributed by atoms with van der Waals surface area (Å²) in [6.07, 6.45) is -38.4. The van der Waals surface area contributed by atoms with Crippen molar-refractivity contribution in [1.29, 1.82) is 0 Å². The smallest absolute Gasteiger partial charge is 0.187 e. The summed E-state index contributed by atoms with van der Waals surface area (Å²) >= 11 is 0. The summed E-state index contributed by atoms with van der Waals surface area (Å²) in [7, 11) is 2.06. The van der Waals surface area contributed by atoms with Crippen LogP contribution in [0.2, 0.25) is 0 Å². The highest BCUT2D eigenvalue weighted by Crippen LogP contribution is 2.34. The highest BCUT2D eigenvalue weighted by atomic mass is 16.8. The molecule has 25 heteroatoms. The highest BCUT2D eigenvalue weighted by molar-refractivity contribution is 5.72. The zero-order valence-corrected chi connectivity index (χ0v) is 26.3. The molecular formula is C26H36N2O23-4. The Labute approximate surface area is 285 Å². The Hall–Kier alpha value is -2.80. The van der Waals surface area contributed by atoms with E-state index in [-0.39, 0.29) is 0 Å². The molecule has 25 nitrogen and oxygen atoms in total. The van der Waals surface area contributed by atoms with Crippen molar-refractivity contribution in [2.75, 3.05) is 14.2 Å². The molecule has 0 aromatic carbocycles. The fraction of sp³-hybridized carbons (Fsp3) is 0.846. The van der Waals surface area contributed by atoms with Crippen LogP contribution in [-0.4, -0.2) is 191 Å². The second-order valence-electron chi connectivity index (χ2n) is 11.8. The average Bonchev–Trinajstić information content (AvgIpc) is 3.07. The molecular weight excluding hydrogens is 708 g/mol. The van der Waals surface area contributed by atoms with Gasteiger partial charge in [0.25, 0.3) is 0 Å². The number of hydrogen-bond donors (Lipinski definition) is 8. The normalized spacial score (nSPS) is 47.7. The Kier molecular flexibility index (Phi) is 13.2. The van der Waals surface area contributed by atoms with E-state index >= 15 is 0 Å². The van der Waals surface area contributed by atoms with Crippen LogP contribution < -0.4 is 31.9 Å². The van der Waals surface area contributed by atoms with Gasteiger partial charge in [-0.15, -0.1) is 0 Å². The predicted octanol–water partition coefficient (Wildman–Crippen LogP) is -13.5. The van der Waals surface area contributed by atoms with Crippen LogP contribution in [0.5, 0.6) is 0 Å². The van der Waals surface area contributed by atoms with Crippen LogP contribution in [0.25, 0.3) is 0 Å². The van der Waals surface area contributed by atoms with Crippen molar-refractivity contribution in [3.05, 3.63) is 0 Å². The lowest BCUT2D eigenvalue weighted by molar-refractivity contribution is -0.395. The second-order valence-corrected chi connectivity index (χ2v) is 11.8. The molecule has 4 heterocycles. The summed E-state index contributed by atoms with van der Waals surface area (Å²) < 4.78 is 46.2. The number of rotatable bonds is 12. The molecule has 0 radical (unpaired) electrons. The number of carbonyl (C=O) groups excluding carboxylic acids is 4. The SMILES string of the molecule is CO[C@H]1OC(C(=O)[O-])[C@H](O[C@@H]2OC(C(=O)[O-])[C@@H](O[C@@H]3O[C@@H](C(=O)[O-])[C@@H](O[C@@H]4OC(C(=O)[O-])[C@@H](OC)C(O)[C@@H]4O)C(O)C3O)[C@H](O)C2N)[C@@H](O)C1N. The predicted molar refractivity (Wildman–Crippen MR) is 139 cm³/mol. The fourth-order valence-electron chi connectivity index (χ4n) is 5.92. The van der Waals surface area contributed by atoms with Gasteiger partial charge in [-0.1, -0.05) is 0 Å². The third-order valence-electron chi connectivity index (χ3n) is 8.65. The molecule has 4 aliphatic heterocycles. The number of nitrogens with two attached hydrogens (primary N) is 2. The first kappa shape index (κ1) is 41.0. The number of aliphatic hydroxyl groups is 6. The number of aliphatic hydroxyl groups excluding tert-OH is 6. The van der Waals surface area contributed by atoms with Crippen LogP contribution in [0.1, 0.15) is 0 Å². The van der Waals surface area contributed by atoms with Gasteiger partial charge in [-0.25, -0.2) is 0 Å². The van der Waals surface area contributed by atoms with Gasteiger partial charge >= 0.3 is 0 Å². The maximum atomic E-state index is 12.1. The number of aliphatic carboxylic acids is 4. The monoisotopic (exact) mass is 744 g/mol. The van der Waals surface area contributed by atoms with Crippen LogP contribution in [0, 0.1) is 0 Å². The van der Waals surface area contributed by atoms with Gasteiger partial charge in [0.15, 0.2) is 25.2 Å². The van der Waals surface area contributed by atoms with Crippen molar-refractivity contribution < 1.29 is 113 Å². The zero-order chi connectivity index (χ0) is 38.2. The lowest BCUT2D eigenvalue weighted by Crippen LogP contribution is -2.71. The Morgan fingerprint density at radius 1 is 0.451 bits per heavy atom. The number of carboxylic acid groups (broad SMARTS) is 4. The Morgan fingerprint density at radius 3 is 1.12 bits per heavy atom. The second kappa shape index (κ2) is 16.5. The van der Waals surface area contributed by atoms with Gasteiger partial charge in [0.05, 0.1) is 36.0 Å². The van der Waals surface area contributed by atoms with Crippen molar-refractivity contribution in [1.82, 2.24) is 0 Å².